The summed E-state index contributed by atoms with van der Waals surface area (Å²) in [4.78, 5) is 11.4. The first kappa shape index (κ1) is 13.9. The van der Waals surface area contributed by atoms with Gasteiger partial charge in [-0.2, -0.15) is 0 Å². The molecule has 0 aromatic heterocycles. The van der Waals surface area contributed by atoms with Crippen molar-refractivity contribution in [2.45, 2.75) is 26.4 Å². The Kier molecular flexibility index (Phi) is 4.08. The topological polar surface area (TPSA) is 38.3 Å². The van der Waals surface area contributed by atoms with E-state index in [1.807, 2.05) is 0 Å². The van der Waals surface area contributed by atoms with E-state index < -0.39 is 23.3 Å². The van der Waals surface area contributed by atoms with Gasteiger partial charge in [-0.25, -0.2) is 13.6 Å². The number of carbonyl (C=O) groups is 1. The molecule has 0 aliphatic rings. The molecule has 0 aliphatic carbocycles. The van der Waals surface area contributed by atoms with Crippen molar-refractivity contribution >= 4 is 27.7 Å². The lowest BCUT2D eigenvalue weighted by Crippen LogP contribution is -2.27. The van der Waals surface area contributed by atoms with Gasteiger partial charge in [0.1, 0.15) is 17.2 Å². The van der Waals surface area contributed by atoms with Crippen LogP contribution in [0.2, 0.25) is 0 Å². The minimum absolute atomic E-state index is 0.0169. The van der Waals surface area contributed by atoms with E-state index in [0.29, 0.717) is 6.07 Å². The molecule has 17 heavy (non-hydrogen) atoms. The summed E-state index contributed by atoms with van der Waals surface area (Å²) in [7, 11) is 0. The first-order valence-electron chi connectivity index (χ1n) is 4.83. The molecular formula is C11H12BrF2NO2. The average molecular weight is 308 g/mol. The van der Waals surface area contributed by atoms with Crippen LogP contribution in [0.15, 0.2) is 16.6 Å². The third-order valence-electron chi connectivity index (χ3n) is 1.63. The Balaban J connectivity index is 2.85. The predicted octanol–water partition coefficient (Wildman–Crippen LogP) is 4.07. The highest BCUT2D eigenvalue weighted by atomic mass is 79.9. The Morgan fingerprint density at radius 1 is 1.35 bits per heavy atom. The van der Waals surface area contributed by atoms with Crippen molar-refractivity contribution in [1.29, 1.82) is 0 Å². The number of ether oxygens (including phenoxy) is 1. The number of nitrogens with one attached hydrogen (secondary N) is 1. The SMILES string of the molecule is CC(C)(C)OC(=O)Nc1cc(F)cc(F)c1Br. The maximum atomic E-state index is 13.1. The van der Waals surface area contributed by atoms with E-state index in [-0.39, 0.29) is 10.2 Å². The summed E-state index contributed by atoms with van der Waals surface area (Å²) in [5, 5.41) is 2.26. The number of hydrogen-bond acceptors (Lipinski definition) is 2. The van der Waals surface area contributed by atoms with Crippen LogP contribution >= 0.6 is 15.9 Å². The van der Waals surface area contributed by atoms with Crippen LogP contribution in [0.3, 0.4) is 0 Å². The maximum Gasteiger partial charge on any atom is 0.412 e. The van der Waals surface area contributed by atoms with Crippen LogP contribution in [0.5, 0.6) is 0 Å². The molecule has 1 aromatic carbocycles. The Morgan fingerprint density at radius 2 is 1.94 bits per heavy atom. The standard InChI is InChI=1S/C11H12BrF2NO2/c1-11(2,3)17-10(16)15-8-5-6(13)4-7(14)9(8)12/h4-5H,1-3H3,(H,15,16). The predicted molar refractivity (Wildman–Crippen MR) is 63.9 cm³/mol. The Hall–Kier alpha value is -1.17. The van der Waals surface area contributed by atoms with E-state index >= 15 is 0 Å². The molecule has 0 spiro atoms. The van der Waals surface area contributed by atoms with Gasteiger partial charge in [0.05, 0.1) is 10.2 Å². The van der Waals surface area contributed by atoms with Crippen LogP contribution in [-0.4, -0.2) is 11.7 Å². The van der Waals surface area contributed by atoms with Gasteiger partial charge in [-0.15, -0.1) is 0 Å². The van der Waals surface area contributed by atoms with Crippen molar-refractivity contribution in [2.75, 3.05) is 5.32 Å². The molecule has 1 rings (SSSR count). The lowest BCUT2D eigenvalue weighted by molar-refractivity contribution is 0.0636. The fourth-order valence-corrected chi connectivity index (χ4v) is 1.39. The van der Waals surface area contributed by atoms with Gasteiger partial charge in [0.2, 0.25) is 0 Å². The Labute approximate surface area is 106 Å². The largest absolute Gasteiger partial charge is 0.444 e. The highest BCUT2D eigenvalue weighted by Crippen LogP contribution is 2.27. The van der Waals surface area contributed by atoms with Gasteiger partial charge in [-0.05, 0) is 42.8 Å². The van der Waals surface area contributed by atoms with Crippen molar-refractivity contribution in [3.63, 3.8) is 0 Å². The third-order valence-corrected chi connectivity index (χ3v) is 2.43. The zero-order valence-electron chi connectivity index (χ0n) is 9.61. The summed E-state index contributed by atoms with van der Waals surface area (Å²) < 4.78 is 31.0. The molecule has 3 nitrogen and oxygen atoms in total. The molecule has 0 saturated heterocycles. The minimum atomic E-state index is -0.795. The molecule has 0 fully saturated rings. The number of benzene rings is 1. The summed E-state index contributed by atoms with van der Waals surface area (Å²) >= 11 is 2.91. The molecule has 0 heterocycles. The number of carbonyl (C=O) groups excluding carboxylic acids is 1. The summed E-state index contributed by atoms with van der Waals surface area (Å²) in [6.07, 6.45) is -0.775. The van der Waals surface area contributed by atoms with Gasteiger partial charge in [0.15, 0.2) is 0 Å². The van der Waals surface area contributed by atoms with Gasteiger partial charge in [0.25, 0.3) is 0 Å². The second-order valence-electron chi connectivity index (χ2n) is 4.38. The van der Waals surface area contributed by atoms with E-state index in [4.69, 9.17) is 4.74 Å². The van der Waals surface area contributed by atoms with E-state index in [1.54, 1.807) is 20.8 Å². The Morgan fingerprint density at radius 3 is 2.47 bits per heavy atom. The van der Waals surface area contributed by atoms with E-state index in [0.717, 1.165) is 6.07 Å². The molecule has 0 bridgehead atoms. The van der Waals surface area contributed by atoms with Crippen LogP contribution in [-0.2, 0) is 4.74 Å². The normalized spacial score (nSPS) is 11.2. The second-order valence-corrected chi connectivity index (χ2v) is 5.17. The molecule has 94 valence electrons. The number of hydrogen-bond donors (Lipinski definition) is 1. The van der Waals surface area contributed by atoms with Crippen LogP contribution in [0, 0.1) is 11.6 Å². The number of amides is 1. The van der Waals surface area contributed by atoms with Gasteiger partial charge in [0, 0.05) is 6.07 Å². The summed E-state index contributed by atoms with van der Waals surface area (Å²) in [5.41, 5.74) is -0.695. The highest BCUT2D eigenvalue weighted by Gasteiger charge is 2.18. The van der Waals surface area contributed by atoms with Crippen LogP contribution in [0.4, 0.5) is 19.3 Å². The Bertz CT molecular complexity index is 444. The fourth-order valence-electron chi connectivity index (χ4n) is 1.06. The highest BCUT2D eigenvalue weighted by molar-refractivity contribution is 9.10. The molecule has 6 heteroatoms. The van der Waals surface area contributed by atoms with Crippen molar-refractivity contribution in [1.82, 2.24) is 0 Å². The summed E-state index contributed by atoms with van der Waals surface area (Å²) in [5.74, 6) is -1.58. The monoisotopic (exact) mass is 307 g/mol. The molecule has 1 amide bonds. The fraction of sp³-hybridized carbons (Fsp3) is 0.364. The minimum Gasteiger partial charge on any atom is -0.444 e. The maximum absolute atomic E-state index is 13.1. The number of anilines is 1. The number of halogens is 3. The van der Waals surface area contributed by atoms with Crippen LogP contribution < -0.4 is 5.32 Å². The van der Waals surface area contributed by atoms with Crippen molar-refractivity contribution in [2.24, 2.45) is 0 Å². The van der Waals surface area contributed by atoms with Crippen LogP contribution in [0.25, 0.3) is 0 Å². The lowest BCUT2D eigenvalue weighted by Gasteiger charge is -2.20. The molecule has 0 saturated carbocycles. The summed E-state index contributed by atoms with van der Waals surface area (Å²) in [6, 6.07) is 1.71. The van der Waals surface area contributed by atoms with E-state index in [2.05, 4.69) is 21.2 Å². The number of rotatable bonds is 1. The molecule has 1 N–H and O–H groups in total. The van der Waals surface area contributed by atoms with Crippen LogP contribution in [0.1, 0.15) is 20.8 Å². The zero-order chi connectivity index (χ0) is 13.2. The van der Waals surface area contributed by atoms with Crippen molar-refractivity contribution in [3.8, 4) is 0 Å². The zero-order valence-corrected chi connectivity index (χ0v) is 11.2. The average Bonchev–Trinajstić information content (AvgIpc) is 2.10. The quantitative estimate of drug-likeness (QED) is 0.794. The van der Waals surface area contributed by atoms with Crippen molar-refractivity contribution in [3.05, 3.63) is 28.2 Å². The molecular weight excluding hydrogens is 296 g/mol. The van der Waals surface area contributed by atoms with Gasteiger partial charge in [-0.3, -0.25) is 5.32 Å². The summed E-state index contributed by atoms with van der Waals surface area (Å²) in [6.45, 7) is 5.06. The third kappa shape index (κ3) is 4.30. The smallest absolute Gasteiger partial charge is 0.412 e. The molecule has 0 unspecified atom stereocenters. The second kappa shape index (κ2) is 5.00. The van der Waals surface area contributed by atoms with Gasteiger partial charge in [-0.1, -0.05) is 0 Å². The molecule has 0 atom stereocenters. The lowest BCUT2D eigenvalue weighted by atomic mass is 10.2. The van der Waals surface area contributed by atoms with Crippen molar-refractivity contribution < 1.29 is 18.3 Å². The van der Waals surface area contributed by atoms with E-state index in [1.165, 1.54) is 0 Å². The molecule has 0 aliphatic heterocycles. The van der Waals surface area contributed by atoms with Gasteiger partial charge >= 0.3 is 6.09 Å². The van der Waals surface area contributed by atoms with Gasteiger partial charge < -0.3 is 4.74 Å². The molecule has 0 radical (unpaired) electrons. The first-order valence-corrected chi connectivity index (χ1v) is 5.63. The molecule has 1 aromatic rings. The van der Waals surface area contributed by atoms with E-state index in [9.17, 15) is 13.6 Å². The first-order chi connectivity index (χ1) is 7.69.